The molecular formula is C25H13N5O5. The number of nitriles is 3. The highest BCUT2D eigenvalue weighted by atomic mass is 16.5. The summed E-state index contributed by atoms with van der Waals surface area (Å²) in [5, 5.41) is 54.0. The molecule has 2 N–H and O–H groups in total. The van der Waals surface area contributed by atoms with E-state index in [0.717, 1.165) is 0 Å². The molecule has 0 aliphatic heterocycles. The van der Waals surface area contributed by atoms with E-state index < -0.39 is 11.9 Å². The van der Waals surface area contributed by atoms with Crippen LogP contribution in [0.25, 0.3) is 5.57 Å². The number of allylic oxidation sites excluding steroid dienone is 2. The molecule has 0 atom stereocenters. The number of carbonyl (C=O) groups is 2. The zero-order valence-corrected chi connectivity index (χ0v) is 17.7. The minimum Gasteiger partial charge on any atom is -0.508 e. The van der Waals surface area contributed by atoms with Gasteiger partial charge in [0.2, 0.25) is 0 Å². The SMILES string of the molecule is N#CC(C#N)=C(C#N)c1ccc(N=Nc2ccc(O)cc2OC(=O)c2ccc(C(=O)O)cc2)cc1. The minimum atomic E-state index is -1.14. The third-order valence-electron chi connectivity index (χ3n) is 4.53. The Morgan fingerprint density at radius 3 is 1.94 bits per heavy atom. The first-order chi connectivity index (χ1) is 16.9. The zero-order valence-electron chi connectivity index (χ0n) is 17.7. The maximum atomic E-state index is 12.5. The number of azo groups is 1. The van der Waals surface area contributed by atoms with Crippen molar-refractivity contribution in [3.05, 3.63) is 89.0 Å². The molecular weight excluding hydrogens is 450 g/mol. The molecule has 0 aliphatic rings. The van der Waals surface area contributed by atoms with E-state index in [9.17, 15) is 20.0 Å². The lowest BCUT2D eigenvalue weighted by Crippen LogP contribution is -2.09. The molecule has 0 amide bonds. The lowest BCUT2D eigenvalue weighted by molar-refractivity contribution is 0.0691. The average molecular weight is 463 g/mol. The van der Waals surface area contributed by atoms with Crippen LogP contribution in [0, 0.1) is 34.0 Å². The smallest absolute Gasteiger partial charge is 0.343 e. The number of ether oxygens (including phenoxy) is 1. The summed E-state index contributed by atoms with van der Waals surface area (Å²) in [5.41, 5.74) is 0.559. The second-order valence-corrected chi connectivity index (χ2v) is 6.76. The van der Waals surface area contributed by atoms with Gasteiger partial charge in [0.25, 0.3) is 0 Å². The van der Waals surface area contributed by atoms with Gasteiger partial charge in [-0.1, -0.05) is 12.1 Å². The van der Waals surface area contributed by atoms with Crippen LogP contribution in [-0.2, 0) is 0 Å². The van der Waals surface area contributed by atoms with E-state index in [2.05, 4.69) is 10.2 Å². The van der Waals surface area contributed by atoms with Crippen LogP contribution < -0.4 is 4.74 Å². The zero-order chi connectivity index (χ0) is 25.4. The number of aromatic hydroxyl groups is 1. The number of hydrogen-bond donors (Lipinski definition) is 2. The van der Waals surface area contributed by atoms with Crippen molar-refractivity contribution in [2.24, 2.45) is 10.2 Å². The first kappa shape index (κ1) is 23.9. The predicted molar refractivity (Wildman–Crippen MR) is 121 cm³/mol. The summed E-state index contributed by atoms with van der Waals surface area (Å²) >= 11 is 0. The molecule has 168 valence electrons. The van der Waals surface area contributed by atoms with Gasteiger partial charge in [0, 0.05) is 6.07 Å². The standard InChI is InChI=1S/C25H13N5O5/c26-12-18(13-27)21(14-28)15-5-7-19(8-6-15)29-30-22-10-9-20(31)11-23(22)35-25(34)17-3-1-16(2-4-17)24(32)33/h1-11,31H,(H,32,33). The molecule has 0 unspecified atom stereocenters. The molecule has 10 nitrogen and oxygen atoms in total. The number of rotatable bonds is 6. The van der Waals surface area contributed by atoms with Gasteiger partial charge in [-0.25, -0.2) is 9.59 Å². The molecule has 0 aromatic heterocycles. The summed E-state index contributed by atoms with van der Waals surface area (Å²) in [6.07, 6.45) is 0. The third kappa shape index (κ3) is 5.72. The molecule has 0 radical (unpaired) electrons. The van der Waals surface area contributed by atoms with Crippen LogP contribution in [0.4, 0.5) is 11.4 Å². The molecule has 0 bridgehead atoms. The van der Waals surface area contributed by atoms with Gasteiger partial charge in [0.15, 0.2) is 5.75 Å². The van der Waals surface area contributed by atoms with Crippen molar-refractivity contribution >= 4 is 28.9 Å². The average Bonchev–Trinajstić information content (AvgIpc) is 2.87. The Hall–Kier alpha value is -5.79. The second kappa shape index (κ2) is 10.7. The molecule has 0 saturated carbocycles. The summed E-state index contributed by atoms with van der Waals surface area (Å²) in [5.74, 6) is -2.20. The predicted octanol–water partition coefficient (Wildman–Crippen LogP) is 5.05. The molecule has 0 spiro atoms. The van der Waals surface area contributed by atoms with E-state index in [1.807, 2.05) is 6.07 Å². The molecule has 0 saturated heterocycles. The fourth-order valence-corrected chi connectivity index (χ4v) is 2.78. The quantitative estimate of drug-likeness (QED) is 0.220. The third-order valence-corrected chi connectivity index (χ3v) is 4.53. The van der Waals surface area contributed by atoms with Crippen LogP contribution in [-0.4, -0.2) is 22.2 Å². The van der Waals surface area contributed by atoms with Crippen molar-refractivity contribution in [1.82, 2.24) is 0 Å². The van der Waals surface area contributed by atoms with Crippen LogP contribution in [0.1, 0.15) is 26.3 Å². The molecule has 10 heteroatoms. The molecule has 3 rings (SSSR count). The Balaban J connectivity index is 1.84. The first-order valence-electron chi connectivity index (χ1n) is 9.71. The number of phenols is 1. The number of carboxylic acids is 1. The number of carbonyl (C=O) groups excluding carboxylic acids is 1. The fourth-order valence-electron chi connectivity index (χ4n) is 2.78. The number of nitrogens with zero attached hydrogens (tertiary/aromatic N) is 5. The van der Waals surface area contributed by atoms with E-state index in [4.69, 9.17) is 20.4 Å². The second-order valence-electron chi connectivity index (χ2n) is 6.76. The minimum absolute atomic E-state index is 0.00765. The van der Waals surface area contributed by atoms with Crippen molar-refractivity contribution in [3.8, 4) is 29.7 Å². The van der Waals surface area contributed by atoms with Crippen molar-refractivity contribution in [2.45, 2.75) is 0 Å². The lowest BCUT2D eigenvalue weighted by atomic mass is 10.0. The maximum absolute atomic E-state index is 12.5. The number of aromatic carboxylic acids is 1. The van der Waals surface area contributed by atoms with E-state index in [0.29, 0.717) is 11.3 Å². The van der Waals surface area contributed by atoms with E-state index in [1.54, 1.807) is 12.1 Å². The van der Waals surface area contributed by atoms with Crippen LogP contribution in [0.2, 0.25) is 0 Å². The Bertz CT molecular complexity index is 1470. The van der Waals surface area contributed by atoms with E-state index in [1.165, 1.54) is 66.7 Å². The Kier molecular flexibility index (Phi) is 7.29. The fraction of sp³-hybridized carbons (Fsp3) is 0. The van der Waals surface area contributed by atoms with Crippen LogP contribution >= 0.6 is 0 Å². The monoisotopic (exact) mass is 463 g/mol. The number of esters is 1. The Labute approximate surface area is 198 Å². The van der Waals surface area contributed by atoms with Crippen LogP contribution in [0.15, 0.2) is 82.5 Å². The van der Waals surface area contributed by atoms with E-state index in [-0.39, 0.29) is 39.5 Å². The number of hydrogen-bond acceptors (Lipinski definition) is 9. The molecule has 0 aliphatic carbocycles. The van der Waals surface area contributed by atoms with Crippen molar-refractivity contribution in [2.75, 3.05) is 0 Å². The van der Waals surface area contributed by atoms with Gasteiger partial charge in [-0.2, -0.15) is 20.9 Å². The largest absolute Gasteiger partial charge is 0.508 e. The van der Waals surface area contributed by atoms with Crippen LogP contribution in [0.5, 0.6) is 11.5 Å². The lowest BCUT2D eigenvalue weighted by Gasteiger charge is -2.07. The molecule has 3 aromatic carbocycles. The number of benzene rings is 3. The van der Waals surface area contributed by atoms with Gasteiger partial charge in [-0.3, -0.25) is 0 Å². The molecule has 3 aromatic rings. The summed E-state index contributed by atoms with van der Waals surface area (Å²) < 4.78 is 5.31. The highest BCUT2D eigenvalue weighted by Crippen LogP contribution is 2.33. The summed E-state index contributed by atoms with van der Waals surface area (Å²) in [6, 6.07) is 20.2. The Morgan fingerprint density at radius 2 is 1.37 bits per heavy atom. The number of carboxylic acid groups (broad SMARTS) is 1. The maximum Gasteiger partial charge on any atom is 0.343 e. The molecule has 0 heterocycles. The highest BCUT2D eigenvalue weighted by Gasteiger charge is 2.14. The number of phenolic OH excluding ortho intramolecular Hbond substituents is 1. The molecule has 0 fully saturated rings. The highest BCUT2D eigenvalue weighted by molar-refractivity contribution is 5.94. The van der Waals surface area contributed by atoms with Gasteiger partial charge < -0.3 is 14.9 Å². The Morgan fingerprint density at radius 1 is 0.771 bits per heavy atom. The summed E-state index contributed by atoms with van der Waals surface area (Å²) in [4.78, 5) is 23.4. The van der Waals surface area contributed by atoms with Gasteiger partial charge in [-0.05, 0) is 54.1 Å². The van der Waals surface area contributed by atoms with Gasteiger partial charge in [0.05, 0.1) is 22.4 Å². The van der Waals surface area contributed by atoms with E-state index >= 15 is 0 Å². The molecule has 35 heavy (non-hydrogen) atoms. The summed E-state index contributed by atoms with van der Waals surface area (Å²) in [6.45, 7) is 0. The van der Waals surface area contributed by atoms with Crippen molar-refractivity contribution < 1.29 is 24.5 Å². The first-order valence-corrected chi connectivity index (χ1v) is 9.71. The van der Waals surface area contributed by atoms with Gasteiger partial charge in [0.1, 0.15) is 35.2 Å². The topological polar surface area (TPSA) is 180 Å². The van der Waals surface area contributed by atoms with Crippen molar-refractivity contribution in [1.29, 1.82) is 15.8 Å². The summed E-state index contributed by atoms with van der Waals surface area (Å²) in [7, 11) is 0. The van der Waals surface area contributed by atoms with Gasteiger partial charge in [-0.15, -0.1) is 5.11 Å². The normalized spacial score (nSPS) is 9.97. The van der Waals surface area contributed by atoms with Gasteiger partial charge >= 0.3 is 11.9 Å². The van der Waals surface area contributed by atoms with Crippen LogP contribution in [0.3, 0.4) is 0 Å². The van der Waals surface area contributed by atoms with Crippen molar-refractivity contribution in [3.63, 3.8) is 0 Å².